The van der Waals surface area contributed by atoms with Crippen molar-refractivity contribution in [3.8, 4) is 23.0 Å². The van der Waals surface area contributed by atoms with Gasteiger partial charge in [-0.15, -0.1) is 0 Å². The average molecular weight is 1680 g/mol. The molecule has 15 aliphatic rings. The lowest BCUT2D eigenvalue weighted by molar-refractivity contribution is -0.149. The third-order valence-corrected chi connectivity index (χ3v) is 31.1. The second kappa shape index (κ2) is 37.8. The van der Waals surface area contributed by atoms with Gasteiger partial charge in [-0.25, -0.2) is 0 Å². The van der Waals surface area contributed by atoms with E-state index in [1.165, 1.54) is 9.80 Å². The highest BCUT2D eigenvalue weighted by Gasteiger charge is 2.68. The zero-order valence-electron chi connectivity index (χ0n) is 74.1. The molecule has 20 atom stereocenters. The molecule has 8 amide bonds. The lowest BCUT2D eigenvalue weighted by Crippen LogP contribution is -2.61. The molecule has 122 heavy (non-hydrogen) atoms. The van der Waals surface area contributed by atoms with Gasteiger partial charge in [0.2, 0.25) is 35.4 Å². The van der Waals surface area contributed by atoms with Gasteiger partial charge in [-0.2, -0.15) is 0 Å². The molecule has 26 heteroatoms. The summed E-state index contributed by atoms with van der Waals surface area (Å²) in [7, 11) is 0. The Bertz CT molecular complexity index is 4190. The summed E-state index contributed by atoms with van der Waals surface area (Å²) in [5.74, 6) is -0.352. The maximum Gasteiger partial charge on any atom is 0.264 e. The van der Waals surface area contributed by atoms with Gasteiger partial charge in [-0.05, 0) is 325 Å². The van der Waals surface area contributed by atoms with Crippen LogP contribution >= 0.6 is 0 Å². The van der Waals surface area contributed by atoms with E-state index in [2.05, 4.69) is 62.8 Å². The quantitative estimate of drug-likeness (QED) is 0.0941. The number of aliphatic hydroxyl groups excluding tert-OH is 4. The largest absolute Gasteiger partial charge is 0.457 e. The van der Waals surface area contributed by atoms with Crippen molar-refractivity contribution in [1.29, 1.82) is 0 Å². The monoisotopic (exact) mass is 1680 g/mol. The fourth-order valence-electron chi connectivity index (χ4n) is 24.2. The minimum atomic E-state index is -0.641. The van der Waals surface area contributed by atoms with Crippen molar-refractivity contribution in [2.45, 2.75) is 261 Å². The molecule has 4 aromatic carbocycles. The average Bonchev–Trinajstić information content (AvgIpc) is 1.34. The highest BCUT2D eigenvalue weighted by atomic mass is 16.6. The molecule has 0 radical (unpaired) electrons. The number of ether oxygens (including phenoxy) is 2. The van der Waals surface area contributed by atoms with Gasteiger partial charge in [0, 0.05) is 82.4 Å². The number of carbonyl (C=O) groups excluding carboxylic acids is 8. The van der Waals surface area contributed by atoms with Crippen LogP contribution in [-0.2, 0) is 48.0 Å². The summed E-state index contributed by atoms with van der Waals surface area (Å²) in [6.07, 6.45) is 9.10. The number of hydrogen-bond acceptors (Lipinski definition) is 18. The van der Waals surface area contributed by atoms with E-state index in [9.17, 15) is 58.8 Å². The molecule has 8 saturated carbocycles. The van der Waals surface area contributed by atoms with Crippen molar-refractivity contribution in [2.24, 2.45) is 103 Å². The Morgan fingerprint density at radius 2 is 0.648 bits per heavy atom. The summed E-state index contributed by atoms with van der Waals surface area (Å²) in [5, 5.41) is 69.0. The van der Waals surface area contributed by atoms with Gasteiger partial charge in [0.1, 0.15) is 49.2 Å². The molecule has 16 bridgehead atoms. The van der Waals surface area contributed by atoms with Crippen molar-refractivity contribution in [3.05, 3.63) is 97.1 Å². The standard InChI is InChI=1S/C96H134N10O16/c1-55(2)103-49-83(111)97-63-17-25-69(26-18-63)121-70-27-19-64(20-28-70)98-84(112)50-104(56(3)4)88(116)38-16-60(10)74-34-36-76-92-78(48-82(110)96(74,76)14)94(12)42-40-68(108)44-62(94)46-80(92)102-120-54-90(118)106(58(7)8)52-86(114)100-66-23-31-72(32-24-66)122-71-29-21-65(22-30-71)99-85(113)51-105(57(5)6)89(117)53-119-101-79-45-61-43-67(107)39-41-93(61,11)77-47-81(109)95(13)73(33-35-75(95)91(77)79)59(9)15-37-87(103)115/h17-32,55-62,67-68,73-78,81-82,91-92,107-110H,15-16,33-54H2,1-14H3,(H,97,111)(H,98,112)(H,99,113)(H,100,114)/b101-79+,102-80+/t59-,60-,61+,62+,67-,68-,73-,74-,75+,76+,77+,78+,81+,82+,91+,92+,93+,94+,95-,96-/m1/s1. The van der Waals surface area contributed by atoms with Crippen LogP contribution in [0.15, 0.2) is 107 Å². The van der Waals surface area contributed by atoms with E-state index >= 15 is 0 Å². The van der Waals surface area contributed by atoms with Crippen molar-refractivity contribution >= 4 is 81.4 Å². The molecule has 7 heterocycles. The van der Waals surface area contributed by atoms with Crippen molar-refractivity contribution in [2.75, 3.05) is 60.7 Å². The number of benzene rings is 4. The molecule has 8 aliphatic carbocycles. The fraction of sp³-hybridized carbons (Fsp3) is 0.646. The third-order valence-electron chi connectivity index (χ3n) is 31.1. The van der Waals surface area contributed by atoms with Gasteiger partial charge in [0.25, 0.3) is 11.8 Å². The van der Waals surface area contributed by atoms with Gasteiger partial charge in [0.15, 0.2) is 13.2 Å². The van der Waals surface area contributed by atoms with Crippen LogP contribution in [0.25, 0.3) is 0 Å². The number of anilines is 4. The lowest BCUT2D eigenvalue weighted by Gasteiger charge is -2.62. The van der Waals surface area contributed by atoms with Gasteiger partial charge in [-0.1, -0.05) is 51.9 Å². The molecule has 0 unspecified atom stereocenters. The van der Waals surface area contributed by atoms with E-state index in [1.807, 2.05) is 55.4 Å². The fourth-order valence-corrected chi connectivity index (χ4v) is 24.2. The minimum absolute atomic E-state index is 0.0205. The first-order valence-corrected chi connectivity index (χ1v) is 45.2. The van der Waals surface area contributed by atoms with Crippen molar-refractivity contribution < 1.29 is 77.9 Å². The number of hydrogen-bond donors (Lipinski definition) is 8. The first-order valence-electron chi connectivity index (χ1n) is 45.2. The number of nitrogens with one attached hydrogen (secondary N) is 4. The number of oxime groups is 2. The molecule has 26 nitrogen and oxygen atoms in total. The van der Waals surface area contributed by atoms with Crippen molar-refractivity contribution in [3.63, 3.8) is 0 Å². The van der Waals surface area contributed by atoms with Crippen LogP contribution < -0.4 is 30.7 Å². The molecule has 0 saturated heterocycles. The number of rotatable bonds is 4. The van der Waals surface area contributed by atoms with E-state index < -0.39 is 72.1 Å². The van der Waals surface area contributed by atoms with Crippen molar-refractivity contribution in [1.82, 2.24) is 19.6 Å². The molecule has 664 valence electrons. The number of nitrogens with zero attached hydrogens (tertiary/aromatic N) is 6. The molecular weight excluding hydrogens is 1550 g/mol. The molecule has 0 spiro atoms. The summed E-state index contributed by atoms with van der Waals surface area (Å²) in [5.41, 5.74) is 2.24. The Hall–Kier alpha value is -8.98. The minimum Gasteiger partial charge on any atom is -0.457 e. The van der Waals surface area contributed by atoms with E-state index in [1.54, 1.807) is 107 Å². The maximum absolute atomic E-state index is 14.3. The Kier molecular flexibility index (Phi) is 28.1. The normalized spacial score (nSPS) is 35.2. The lowest BCUT2D eigenvalue weighted by atomic mass is 9.43. The summed E-state index contributed by atoms with van der Waals surface area (Å²) in [4.78, 5) is 130. The van der Waals surface area contributed by atoms with Crippen LogP contribution in [0.2, 0.25) is 0 Å². The number of aliphatic hydroxyl groups is 4. The second-order valence-electron chi connectivity index (χ2n) is 39.5. The van der Waals surface area contributed by atoms with Gasteiger partial charge in [0.05, 0.1) is 35.8 Å². The highest BCUT2D eigenvalue weighted by molar-refractivity contribution is 5.98. The van der Waals surface area contributed by atoms with Crippen LogP contribution in [0.4, 0.5) is 22.7 Å². The van der Waals surface area contributed by atoms with Gasteiger partial charge >= 0.3 is 0 Å². The molecule has 4 aromatic rings. The van der Waals surface area contributed by atoms with Gasteiger partial charge < -0.3 is 80.4 Å². The smallest absolute Gasteiger partial charge is 0.264 e. The van der Waals surface area contributed by atoms with Crippen LogP contribution in [-0.4, -0.2) is 187 Å². The van der Waals surface area contributed by atoms with Crippen LogP contribution in [0.1, 0.15) is 213 Å². The molecule has 0 aromatic heterocycles. The second-order valence-corrected chi connectivity index (χ2v) is 39.5. The van der Waals surface area contributed by atoms with Crippen LogP contribution in [0, 0.1) is 92.7 Å². The zero-order chi connectivity index (χ0) is 87.6. The zero-order valence-corrected chi connectivity index (χ0v) is 74.1. The molecule has 19 rings (SSSR count). The number of carbonyl (C=O) groups is 8. The van der Waals surface area contributed by atoms with E-state index in [0.29, 0.717) is 110 Å². The molecular formula is C96H134N10O16. The number of amides is 8. The Balaban J connectivity index is 0.700. The maximum atomic E-state index is 14.3. The summed E-state index contributed by atoms with van der Waals surface area (Å²) in [6.45, 7) is 26.7. The predicted octanol–water partition coefficient (Wildman–Crippen LogP) is 14.5. The molecule has 7 aliphatic heterocycles. The van der Waals surface area contributed by atoms with Crippen LogP contribution in [0.3, 0.4) is 0 Å². The third kappa shape index (κ3) is 19.4. The van der Waals surface area contributed by atoms with E-state index in [-0.39, 0.29) is 169 Å². The molecule has 8 N–H and O–H groups in total. The topological polar surface area (TPSA) is 340 Å². The van der Waals surface area contributed by atoms with E-state index in [0.717, 1.165) is 49.9 Å². The summed E-state index contributed by atoms with van der Waals surface area (Å²) >= 11 is 0. The first-order chi connectivity index (χ1) is 57.9. The Morgan fingerprint density at radius 3 is 0.934 bits per heavy atom. The van der Waals surface area contributed by atoms with E-state index in [4.69, 9.17) is 29.5 Å². The van der Waals surface area contributed by atoms with Gasteiger partial charge in [-0.3, -0.25) is 38.4 Å². The molecule has 8 fully saturated rings. The Morgan fingerprint density at radius 1 is 0.369 bits per heavy atom. The Labute approximate surface area is 720 Å². The first kappa shape index (κ1) is 90.7. The SMILES string of the molecule is CC(C)N1CC(=O)Nc2ccc(cc2)Oc2ccc(cc2)NC(=O)CN(C(C)C)C(=O)CC[C@@H](C)[C@H]2CC[C@H]3[C@@H]4/C(=N/OCC(=O)N(C(C)C)CC(=O)Nc5ccc(cc5)Oc5ccc(cc5)NC(=O)CN(C(C)C)C(=O)CO/N=C5\C[C@@H]6C[C@H](O)CC[C@]6(C)[C@H]6C[C@H](O)[C@]7(C)[C@H](CC[C@H]7[C@H]56)[C@H](C)CCC1=O)C[C@@H]1C[C@H](O)CC[C@]1(C)[C@H]4C[C@H](O)[C@]23C. The number of fused-ring (bicyclic) bond motifs is 4. The summed E-state index contributed by atoms with van der Waals surface area (Å²) in [6, 6.07) is 26.1. The predicted molar refractivity (Wildman–Crippen MR) is 467 cm³/mol. The van der Waals surface area contributed by atoms with Crippen LogP contribution in [0.5, 0.6) is 23.0 Å². The highest BCUT2D eigenvalue weighted by Crippen LogP contribution is 2.70. The summed E-state index contributed by atoms with van der Waals surface area (Å²) < 4.78 is 12.4.